The van der Waals surface area contributed by atoms with E-state index in [1.807, 2.05) is 90.2 Å². The van der Waals surface area contributed by atoms with Gasteiger partial charge in [0.2, 0.25) is 17.7 Å². The molecule has 17 nitrogen and oxygen atoms in total. The van der Waals surface area contributed by atoms with Crippen molar-refractivity contribution in [2.75, 3.05) is 50.1 Å². The summed E-state index contributed by atoms with van der Waals surface area (Å²) in [6, 6.07) is 20.2. The number of aromatic amines is 1. The Bertz CT molecular complexity index is 2420. The number of ether oxygens (including phenoxy) is 1. The molecule has 2 saturated heterocycles. The highest BCUT2D eigenvalue weighted by Crippen LogP contribution is 2.32. The van der Waals surface area contributed by atoms with E-state index in [1.54, 1.807) is 48.5 Å². The average molecular weight is 874 g/mol. The summed E-state index contributed by atoms with van der Waals surface area (Å²) in [5.74, 6) is -0.881. The standard InChI is InChI=1S/C47H59N11O6/c1-29(56-21-23-57(24-22-56)33-15-16-37(41(26-33)64-7)52-44(61)38-10-8-9-35(51-38)36-17-19-48-54-36)25-42(60)53-43(47(3,4)5)46(63)58-28-34(59)27-40(58)45(62)50-30(2)31-11-13-32(14-12-31)39-18-20-49-55(39)6/h8-20,26,29-30,34,40,43,59H,21-25,27-28H2,1-7H3,(H,48,54)(H,50,62)(H,52,61)(H,53,60)/t29-,30+,34-,40+,43-/m1/s1. The van der Waals surface area contributed by atoms with E-state index in [4.69, 9.17) is 4.74 Å². The smallest absolute Gasteiger partial charge is 0.274 e. The molecule has 0 spiro atoms. The molecule has 3 aromatic heterocycles. The Kier molecular flexibility index (Phi) is 13.8. The van der Waals surface area contributed by atoms with Gasteiger partial charge in [-0.1, -0.05) is 51.1 Å². The first kappa shape index (κ1) is 45.4. The van der Waals surface area contributed by atoms with Crippen molar-refractivity contribution in [1.82, 2.24) is 45.4 Å². The molecule has 2 aromatic carbocycles. The van der Waals surface area contributed by atoms with Crippen molar-refractivity contribution >= 4 is 35.0 Å². The molecule has 338 valence electrons. The number of pyridine rings is 1. The molecular weight excluding hydrogens is 815 g/mol. The first-order chi connectivity index (χ1) is 30.6. The minimum atomic E-state index is -0.923. The van der Waals surface area contributed by atoms with E-state index in [2.05, 4.69) is 46.0 Å². The molecule has 0 bridgehead atoms. The number of piperazine rings is 1. The molecule has 17 heteroatoms. The second-order valence-electron chi connectivity index (χ2n) is 17.7. The number of carbonyl (C=O) groups excluding carboxylic acids is 4. The monoisotopic (exact) mass is 873 g/mol. The summed E-state index contributed by atoms with van der Waals surface area (Å²) in [6.45, 7) is 12.3. The maximum atomic E-state index is 14.3. The van der Waals surface area contributed by atoms with Crippen LogP contribution in [0.15, 0.2) is 85.2 Å². The largest absolute Gasteiger partial charge is 0.494 e. The topological polar surface area (TPSA) is 203 Å². The maximum Gasteiger partial charge on any atom is 0.274 e. The number of aliphatic hydroxyl groups excluding tert-OH is 1. The second kappa shape index (κ2) is 19.4. The summed E-state index contributed by atoms with van der Waals surface area (Å²) in [4.78, 5) is 65.3. The van der Waals surface area contributed by atoms with Gasteiger partial charge in [0.15, 0.2) is 0 Å². The van der Waals surface area contributed by atoms with Crippen LogP contribution in [0.1, 0.15) is 69.6 Å². The number of nitrogens with one attached hydrogen (secondary N) is 4. The Hall–Kier alpha value is -6.59. The lowest BCUT2D eigenvalue weighted by Gasteiger charge is -2.39. The van der Waals surface area contributed by atoms with Crippen molar-refractivity contribution in [2.45, 2.75) is 77.7 Å². The number of likely N-dealkylation sites (tertiary alicyclic amines) is 1. The predicted octanol–water partition coefficient (Wildman–Crippen LogP) is 4.40. The number of hydrogen-bond donors (Lipinski definition) is 5. The zero-order valence-corrected chi connectivity index (χ0v) is 37.5. The van der Waals surface area contributed by atoms with Crippen LogP contribution in [0.2, 0.25) is 0 Å². The number of H-pyrrole nitrogens is 1. The molecule has 64 heavy (non-hydrogen) atoms. The van der Waals surface area contributed by atoms with Crippen LogP contribution < -0.4 is 25.6 Å². The van der Waals surface area contributed by atoms with Crippen LogP contribution in [0, 0.1) is 5.41 Å². The van der Waals surface area contributed by atoms with Crippen LogP contribution >= 0.6 is 0 Å². The summed E-state index contributed by atoms with van der Waals surface area (Å²) in [6.07, 6.45) is 2.77. The number of carbonyl (C=O) groups is 4. The van der Waals surface area contributed by atoms with Crippen molar-refractivity contribution in [3.05, 3.63) is 96.4 Å². The third-order valence-electron chi connectivity index (χ3n) is 12.1. The van der Waals surface area contributed by atoms with Gasteiger partial charge in [0, 0.05) is 82.8 Å². The van der Waals surface area contributed by atoms with E-state index >= 15 is 0 Å². The number of aromatic nitrogens is 5. The molecule has 5 atom stereocenters. The minimum Gasteiger partial charge on any atom is -0.494 e. The summed E-state index contributed by atoms with van der Waals surface area (Å²) in [5.41, 5.74) is 5.21. The van der Waals surface area contributed by atoms with E-state index in [-0.39, 0.29) is 54.9 Å². The number of hydrogen-bond acceptors (Lipinski definition) is 11. The molecule has 4 amide bonds. The molecular formula is C47H59N11O6. The van der Waals surface area contributed by atoms with Gasteiger partial charge >= 0.3 is 0 Å². The van der Waals surface area contributed by atoms with Gasteiger partial charge in [-0.2, -0.15) is 10.2 Å². The van der Waals surface area contributed by atoms with Gasteiger partial charge in [0.1, 0.15) is 23.5 Å². The van der Waals surface area contributed by atoms with Crippen LogP contribution in [0.5, 0.6) is 5.75 Å². The van der Waals surface area contributed by atoms with Gasteiger partial charge in [-0.05, 0) is 66.8 Å². The van der Waals surface area contributed by atoms with Crippen molar-refractivity contribution in [1.29, 1.82) is 0 Å². The molecule has 0 unspecified atom stereocenters. The fourth-order valence-corrected chi connectivity index (χ4v) is 8.43. The highest BCUT2D eigenvalue weighted by Gasteiger charge is 2.45. The van der Waals surface area contributed by atoms with Crippen LogP contribution in [0.4, 0.5) is 11.4 Å². The number of benzene rings is 2. The third kappa shape index (κ3) is 10.4. The third-order valence-corrected chi connectivity index (χ3v) is 12.1. The molecule has 2 aliphatic rings. The molecule has 2 fully saturated rings. The number of aryl methyl sites for hydroxylation is 1. The molecule has 0 aliphatic carbocycles. The average Bonchev–Trinajstić information content (AvgIpc) is 4.07. The summed E-state index contributed by atoms with van der Waals surface area (Å²) in [7, 11) is 3.44. The van der Waals surface area contributed by atoms with Crippen LogP contribution in [0.25, 0.3) is 22.6 Å². The lowest BCUT2D eigenvalue weighted by atomic mass is 9.85. The first-order valence-corrected chi connectivity index (χ1v) is 21.7. The number of amides is 4. The first-order valence-electron chi connectivity index (χ1n) is 21.7. The lowest BCUT2D eigenvalue weighted by Crippen LogP contribution is -2.58. The fraction of sp³-hybridized carbons (Fsp3) is 0.426. The van der Waals surface area contributed by atoms with Crippen molar-refractivity contribution in [3.8, 4) is 28.4 Å². The number of rotatable bonds is 14. The predicted molar refractivity (Wildman–Crippen MR) is 243 cm³/mol. The van der Waals surface area contributed by atoms with Crippen molar-refractivity contribution in [2.24, 2.45) is 12.5 Å². The number of β-amino-alcohol motifs (C(OH)–C–C–N with tert-alkyl or cyclic N) is 1. The van der Waals surface area contributed by atoms with Gasteiger partial charge in [0.25, 0.3) is 5.91 Å². The summed E-state index contributed by atoms with van der Waals surface area (Å²) in [5, 5.41) is 30.8. The lowest BCUT2D eigenvalue weighted by molar-refractivity contribution is -0.144. The van der Waals surface area contributed by atoms with Crippen molar-refractivity contribution < 1.29 is 29.0 Å². The number of methoxy groups -OCH3 is 1. The molecule has 7 rings (SSSR count). The van der Waals surface area contributed by atoms with Gasteiger partial charge < -0.3 is 35.6 Å². The second-order valence-corrected chi connectivity index (χ2v) is 17.7. The Morgan fingerprint density at radius 2 is 1.69 bits per heavy atom. The number of aliphatic hydroxyl groups is 1. The molecule has 0 saturated carbocycles. The fourth-order valence-electron chi connectivity index (χ4n) is 8.43. The van der Waals surface area contributed by atoms with E-state index in [1.165, 1.54) is 4.90 Å². The zero-order valence-electron chi connectivity index (χ0n) is 37.5. The number of anilines is 2. The SMILES string of the molecule is COc1cc(N2CCN([C@H](C)CC(=O)N[C@H](C(=O)N3C[C@H](O)C[C@H]3C(=O)N[C@@H](C)c3ccc(-c4ccnn4C)cc3)C(C)(C)C)CC2)ccc1NC(=O)c1cccc(-c2ccn[nH]2)n1. The molecule has 5 N–H and O–H groups in total. The van der Waals surface area contributed by atoms with Crippen LogP contribution in [-0.4, -0.2) is 128 Å². The summed E-state index contributed by atoms with van der Waals surface area (Å²) >= 11 is 0. The Balaban J connectivity index is 0.915. The van der Waals surface area contributed by atoms with E-state index < -0.39 is 29.5 Å². The van der Waals surface area contributed by atoms with Crippen LogP contribution in [-0.2, 0) is 21.4 Å². The van der Waals surface area contributed by atoms with Gasteiger partial charge in [-0.25, -0.2) is 4.98 Å². The van der Waals surface area contributed by atoms with E-state index in [9.17, 15) is 24.3 Å². The van der Waals surface area contributed by atoms with Crippen LogP contribution in [0.3, 0.4) is 0 Å². The van der Waals surface area contributed by atoms with Gasteiger partial charge in [-0.15, -0.1) is 0 Å². The molecule has 2 aliphatic heterocycles. The molecule has 5 heterocycles. The highest BCUT2D eigenvalue weighted by molar-refractivity contribution is 6.04. The molecule has 5 aromatic rings. The molecule has 0 radical (unpaired) electrons. The quantitative estimate of drug-likeness (QED) is 0.106. The Morgan fingerprint density at radius 1 is 0.938 bits per heavy atom. The minimum absolute atomic E-state index is 0.00368. The summed E-state index contributed by atoms with van der Waals surface area (Å²) < 4.78 is 7.48. The highest BCUT2D eigenvalue weighted by atomic mass is 16.5. The normalized spacial score (nSPS) is 18.2. The van der Waals surface area contributed by atoms with E-state index in [0.29, 0.717) is 49.0 Å². The van der Waals surface area contributed by atoms with Crippen molar-refractivity contribution in [3.63, 3.8) is 0 Å². The van der Waals surface area contributed by atoms with Gasteiger partial charge in [-0.3, -0.25) is 33.9 Å². The number of nitrogens with zero attached hydrogens (tertiary/aromatic N) is 7. The van der Waals surface area contributed by atoms with Gasteiger partial charge in [0.05, 0.1) is 42.0 Å². The van der Waals surface area contributed by atoms with E-state index in [0.717, 1.165) is 22.5 Å². The Morgan fingerprint density at radius 3 is 2.34 bits per heavy atom. The zero-order chi connectivity index (χ0) is 45.7. The Labute approximate surface area is 373 Å². The maximum absolute atomic E-state index is 14.3.